The van der Waals surface area contributed by atoms with Gasteiger partial charge < -0.3 is 10.5 Å². The predicted octanol–water partition coefficient (Wildman–Crippen LogP) is 0.891. The predicted molar refractivity (Wildman–Crippen MR) is 92.3 cm³/mol. The van der Waals surface area contributed by atoms with Gasteiger partial charge in [-0.2, -0.15) is 0 Å². The Morgan fingerprint density at radius 3 is 2.67 bits per heavy atom. The van der Waals surface area contributed by atoms with E-state index in [9.17, 15) is 4.79 Å². The number of methoxy groups -OCH3 is 1. The Morgan fingerprint density at radius 2 is 1.96 bits per heavy atom. The molecule has 0 saturated carbocycles. The second-order valence-electron chi connectivity index (χ2n) is 6.05. The van der Waals surface area contributed by atoms with E-state index in [-0.39, 0.29) is 12.0 Å². The second kappa shape index (κ2) is 7.11. The van der Waals surface area contributed by atoms with Crippen LogP contribution in [-0.4, -0.2) is 65.1 Å². The third kappa shape index (κ3) is 3.47. The highest BCUT2D eigenvalue weighted by Gasteiger charge is 2.26. The van der Waals surface area contributed by atoms with Gasteiger partial charge in [0.05, 0.1) is 19.2 Å². The van der Waals surface area contributed by atoms with Crippen LogP contribution in [-0.2, 0) is 16.1 Å². The zero-order chi connectivity index (χ0) is 17.1. The summed E-state index contributed by atoms with van der Waals surface area (Å²) in [5.74, 6) is 1.07. The Bertz CT molecular complexity index is 728. The lowest BCUT2D eigenvalue weighted by Crippen LogP contribution is -2.51. The average Bonchev–Trinajstić information content (AvgIpc) is 2.61. The fraction of sp³-hybridized carbons (Fsp3) is 0.471. The number of ether oxygens (including phenoxy) is 1. The molecule has 3 rings (SSSR count). The lowest BCUT2D eigenvalue weighted by molar-refractivity contribution is -0.147. The van der Waals surface area contributed by atoms with E-state index in [1.54, 1.807) is 0 Å². The largest absolute Gasteiger partial charge is 0.468 e. The van der Waals surface area contributed by atoms with Crippen LogP contribution in [0.5, 0.6) is 0 Å². The molecule has 0 bridgehead atoms. The Labute approximate surface area is 141 Å². The number of para-hydroxylation sites is 1. The SMILES string of the molecule is COC(=O)[C@@H](C)N1CCN(Cc2nc(N)c3ccccc3n2)CC1. The molecule has 1 fully saturated rings. The summed E-state index contributed by atoms with van der Waals surface area (Å²) in [6.07, 6.45) is 0. The quantitative estimate of drug-likeness (QED) is 0.834. The lowest BCUT2D eigenvalue weighted by Gasteiger charge is -2.36. The van der Waals surface area contributed by atoms with Crippen molar-refractivity contribution in [2.75, 3.05) is 39.0 Å². The molecule has 2 heterocycles. The molecule has 1 saturated heterocycles. The number of hydrogen-bond acceptors (Lipinski definition) is 7. The number of nitrogens with zero attached hydrogens (tertiary/aromatic N) is 4. The van der Waals surface area contributed by atoms with E-state index in [0.29, 0.717) is 12.4 Å². The van der Waals surface area contributed by atoms with Gasteiger partial charge in [-0.15, -0.1) is 0 Å². The number of fused-ring (bicyclic) bond motifs is 1. The lowest BCUT2D eigenvalue weighted by atomic mass is 10.2. The average molecular weight is 329 g/mol. The Morgan fingerprint density at radius 1 is 1.25 bits per heavy atom. The molecular formula is C17H23N5O2. The van der Waals surface area contributed by atoms with Gasteiger partial charge in [-0.1, -0.05) is 12.1 Å². The van der Waals surface area contributed by atoms with Crippen LogP contribution in [0.1, 0.15) is 12.7 Å². The molecule has 1 aromatic heterocycles. The van der Waals surface area contributed by atoms with Crippen molar-refractivity contribution in [2.24, 2.45) is 0 Å². The number of carbonyl (C=O) groups excluding carboxylic acids is 1. The van der Waals surface area contributed by atoms with E-state index in [2.05, 4.69) is 19.8 Å². The van der Waals surface area contributed by atoms with Crippen LogP contribution in [0.25, 0.3) is 10.9 Å². The molecule has 1 aromatic carbocycles. The molecule has 2 aromatic rings. The molecule has 24 heavy (non-hydrogen) atoms. The minimum atomic E-state index is -0.204. The maximum absolute atomic E-state index is 11.6. The molecule has 1 aliphatic heterocycles. The van der Waals surface area contributed by atoms with Crippen LogP contribution >= 0.6 is 0 Å². The van der Waals surface area contributed by atoms with Crippen LogP contribution in [0.15, 0.2) is 24.3 Å². The minimum absolute atomic E-state index is 0.186. The number of piperazine rings is 1. The van der Waals surface area contributed by atoms with Crippen LogP contribution in [0.4, 0.5) is 5.82 Å². The molecule has 0 radical (unpaired) electrons. The van der Waals surface area contributed by atoms with Gasteiger partial charge in [-0.25, -0.2) is 9.97 Å². The zero-order valence-electron chi connectivity index (χ0n) is 14.1. The fourth-order valence-corrected chi connectivity index (χ4v) is 3.05. The Balaban J connectivity index is 1.63. The number of carbonyl (C=O) groups is 1. The van der Waals surface area contributed by atoms with Crippen molar-refractivity contribution in [1.29, 1.82) is 0 Å². The summed E-state index contributed by atoms with van der Waals surface area (Å²) in [7, 11) is 1.43. The molecule has 1 aliphatic rings. The van der Waals surface area contributed by atoms with Gasteiger partial charge in [0.15, 0.2) is 0 Å². The van der Waals surface area contributed by atoms with Crippen molar-refractivity contribution < 1.29 is 9.53 Å². The van der Waals surface area contributed by atoms with Crippen LogP contribution < -0.4 is 5.73 Å². The third-order valence-electron chi connectivity index (χ3n) is 4.54. The van der Waals surface area contributed by atoms with Gasteiger partial charge >= 0.3 is 5.97 Å². The first kappa shape index (κ1) is 16.6. The topological polar surface area (TPSA) is 84.6 Å². The van der Waals surface area contributed by atoms with E-state index < -0.39 is 0 Å². The van der Waals surface area contributed by atoms with E-state index in [1.807, 2.05) is 31.2 Å². The highest BCUT2D eigenvalue weighted by molar-refractivity contribution is 5.87. The first-order chi connectivity index (χ1) is 11.6. The number of rotatable bonds is 4. The van der Waals surface area contributed by atoms with Crippen LogP contribution in [0, 0.1) is 0 Å². The van der Waals surface area contributed by atoms with E-state index in [1.165, 1.54) is 7.11 Å². The number of aromatic nitrogens is 2. The van der Waals surface area contributed by atoms with Crippen molar-refractivity contribution in [3.05, 3.63) is 30.1 Å². The van der Waals surface area contributed by atoms with E-state index >= 15 is 0 Å². The van der Waals surface area contributed by atoms with Gasteiger partial charge in [0.1, 0.15) is 17.7 Å². The van der Waals surface area contributed by atoms with Crippen molar-refractivity contribution in [3.63, 3.8) is 0 Å². The molecule has 0 amide bonds. The zero-order valence-corrected chi connectivity index (χ0v) is 14.1. The van der Waals surface area contributed by atoms with Gasteiger partial charge in [0.2, 0.25) is 0 Å². The maximum Gasteiger partial charge on any atom is 0.322 e. The molecule has 0 spiro atoms. The Kier molecular flexibility index (Phi) is 4.92. The monoisotopic (exact) mass is 329 g/mol. The summed E-state index contributed by atoms with van der Waals surface area (Å²) in [5, 5.41) is 0.887. The second-order valence-corrected chi connectivity index (χ2v) is 6.05. The molecule has 2 N–H and O–H groups in total. The summed E-state index contributed by atoms with van der Waals surface area (Å²) < 4.78 is 4.81. The van der Waals surface area contributed by atoms with Crippen molar-refractivity contribution in [1.82, 2.24) is 19.8 Å². The Hall–Kier alpha value is -2.25. The molecule has 7 heteroatoms. The smallest absolute Gasteiger partial charge is 0.322 e. The number of hydrogen-bond donors (Lipinski definition) is 1. The summed E-state index contributed by atoms with van der Waals surface area (Å²) in [4.78, 5) is 25.1. The van der Waals surface area contributed by atoms with E-state index in [4.69, 9.17) is 10.5 Å². The summed E-state index contributed by atoms with van der Waals surface area (Å²) >= 11 is 0. The van der Waals surface area contributed by atoms with Gasteiger partial charge in [-0.3, -0.25) is 14.6 Å². The molecule has 0 unspecified atom stereocenters. The fourth-order valence-electron chi connectivity index (χ4n) is 3.05. The normalized spacial score (nSPS) is 17.8. The number of anilines is 1. The molecular weight excluding hydrogens is 306 g/mol. The van der Waals surface area contributed by atoms with Crippen LogP contribution in [0.2, 0.25) is 0 Å². The first-order valence-corrected chi connectivity index (χ1v) is 8.14. The summed E-state index contributed by atoms with van der Waals surface area (Å²) in [6, 6.07) is 7.56. The molecule has 128 valence electrons. The molecule has 0 aliphatic carbocycles. The van der Waals surface area contributed by atoms with Crippen molar-refractivity contribution >= 4 is 22.7 Å². The molecule has 7 nitrogen and oxygen atoms in total. The summed E-state index contributed by atoms with van der Waals surface area (Å²) in [6.45, 7) is 5.90. The minimum Gasteiger partial charge on any atom is -0.468 e. The standard InChI is InChI=1S/C17H23N5O2/c1-12(17(23)24-2)22-9-7-21(8-10-22)11-15-19-14-6-4-3-5-13(14)16(18)20-15/h3-6,12H,7-11H2,1-2H3,(H2,18,19,20)/t12-/m1/s1. The number of esters is 1. The van der Waals surface area contributed by atoms with Crippen molar-refractivity contribution in [2.45, 2.75) is 19.5 Å². The highest BCUT2D eigenvalue weighted by Crippen LogP contribution is 2.18. The molecule has 1 atom stereocenters. The van der Waals surface area contributed by atoms with Gasteiger partial charge in [-0.05, 0) is 19.1 Å². The third-order valence-corrected chi connectivity index (χ3v) is 4.54. The van der Waals surface area contributed by atoms with Crippen LogP contribution in [0.3, 0.4) is 0 Å². The van der Waals surface area contributed by atoms with Gasteiger partial charge in [0.25, 0.3) is 0 Å². The number of benzene rings is 1. The number of nitrogen functional groups attached to an aromatic ring is 1. The summed E-state index contributed by atoms with van der Waals surface area (Å²) in [5.41, 5.74) is 6.92. The van der Waals surface area contributed by atoms with Gasteiger partial charge in [0, 0.05) is 31.6 Å². The maximum atomic E-state index is 11.6. The van der Waals surface area contributed by atoms with E-state index in [0.717, 1.165) is 42.9 Å². The number of nitrogens with two attached hydrogens (primary N) is 1. The first-order valence-electron chi connectivity index (χ1n) is 8.14. The van der Waals surface area contributed by atoms with Crippen molar-refractivity contribution in [3.8, 4) is 0 Å². The highest BCUT2D eigenvalue weighted by atomic mass is 16.5.